The van der Waals surface area contributed by atoms with Crippen LogP contribution in [0.1, 0.15) is 37.4 Å². The molecule has 0 saturated carbocycles. The summed E-state index contributed by atoms with van der Waals surface area (Å²) in [6.07, 6.45) is 1.97. The molecule has 0 aliphatic carbocycles. The molecule has 0 unspecified atom stereocenters. The lowest BCUT2D eigenvalue weighted by Gasteiger charge is -2.26. The molecule has 1 N–H and O–H groups in total. The Hall–Kier alpha value is -3.48. The zero-order chi connectivity index (χ0) is 21.3. The summed E-state index contributed by atoms with van der Waals surface area (Å²) in [5.41, 5.74) is 2.53. The highest BCUT2D eigenvalue weighted by Crippen LogP contribution is 2.44. The Labute approximate surface area is 175 Å². The van der Waals surface area contributed by atoms with Crippen molar-refractivity contribution in [3.8, 4) is 22.9 Å². The predicted octanol–water partition coefficient (Wildman–Crippen LogP) is 4.15. The van der Waals surface area contributed by atoms with Crippen LogP contribution in [0.3, 0.4) is 0 Å². The van der Waals surface area contributed by atoms with Gasteiger partial charge in [0.2, 0.25) is 5.91 Å². The Bertz CT molecular complexity index is 1070. The van der Waals surface area contributed by atoms with E-state index in [2.05, 4.69) is 10.3 Å². The molecule has 1 aliphatic rings. The molecule has 7 nitrogen and oxygen atoms in total. The summed E-state index contributed by atoms with van der Waals surface area (Å²) >= 11 is 0. The van der Waals surface area contributed by atoms with Crippen molar-refractivity contribution in [2.45, 2.75) is 32.3 Å². The van der Waals surface area contributed by atoms with Crippen LogP contribution < -0.4 is 19.5 Å². The van der Waals surface area contributed by atoms with Crippen LogP contribution >= 0.6 is 0 Å². The Morgan fingerprint density at radius 1 is 1.13 bits per heavy atom. The third kappa shape index (κ3) is 3.58. The molecule has 0 saturated heterocycles. The molecular weight excluding hydrogens is 382 g/mol. The van der Waals surface area contributed by atoms with Gasteiger partial charge >= 0.3 is 0 Å². The van der Waals surface area contributed by atoms with Gasteiger partial charge in [-0.15, -0.1) is 0 Å². The molecule has 30 heavy (non-hydrogen) atoms. The van der Waals surface area contributed by atoms with Gasteiger partial charge in [-0.05, 0) is 32.0 Å². The fourth-order valence-electron chi connectivity index (χ4n) is 3.75. The number of fused-ring (bicyclic) bond motifs is 1. The summed E-state index contributed by atoms with van der Waals surface area (Å²) in [6, 6.07) is 13.4. The van der Waals surface area contributed by atoms with Crippen LogP contribution in [0.2, 0.25) is 0 Å². The Balaban J connectivity index is 1.83. The van der Waals surface area contributed by atoms with Crippen LogP contribution in [0.4, 0.5) is 5.82 Å². The molecule has 3 aromatic rings. The number of carbonyl (C=O) groups excluding carboxylic acids is 1. The van der Waals surface area contributed by atoms with E-state index in [1.54, 1.807) is 20.5 Å². The van der Waals surface area contributed by atoms with Crippen LogP contribution in [0.15, 0.2) is 48.8 Å². The number of methoxy groups -OCH3 is 2. The van der Waals surface area contributed by atoms with Gasteiger partial charge in [0.15, 0.2) is 11.5 Å². The van der Waals surface area contributed by atoms with Crippen molar-refractivity contribution in [1.82, 2.24) is 9.55 Å². The van der Waals surface area contributed by atoms with Crippen molar-refractivity contribution < 1.29 is 19.0 Å². The summed E-state index contributed by atoms with van der Waals surface area (Å²) in [5.74, 6) is 2.36. The lowest BCUT2D eigenvalue weighted by atomic mass is 9.89. The molecule has 4 rings (SSSR count). The zero-order valence-corrected chi connectivity index (χ0v) is 17.5. The van der Waals surface area contributed by atoms with Crippen LogP contribution in [0.25, 0.3) is 5.69 Å². The first kappa shape index (κ1) is 19.8. The minimum Gasteiger partial charge on any atom is -0.497 e. The molecule has 2 heterocycles. The van der Waals surface area contributed by atoms with Gasteiger partial charge in [0, 0.05) is 24.0 Å². The van der Waals surface area contributed by atoms with E-state index in [1.807, 2.05) is 60.9 Å². The van der Waals surface area contributed by atoms with Crippen molar-refractivity contribution >= 4 is 11.7 Å². The summed E-state index contributed by atoms with van der Waals surface area (Å²) in [7, 11) is 3.24. The number of nitrogens with zero attached hydrogens (tertiary/aromatic N) is 2. The summed E-state index contributed by atoms with van der Waals surface area (Å²) < 4.78 is 18.8. The molecule has 1 aliphatic heterocycles. The second-order valence-corrected chi connectivity index (χ2v) is 7.40. The van der Waals surface area contributed by atoms with E-state index < -0.39 is 0 Å². The van der Waals surface area contributed by atoms with Crippen LogP contribution in [0.5, 0.6) is 17.2 Å². The zero-order valence-electron chi connectivity index (χ0n) is 17.5. The third-order valence-corrected chi connectivity index (χ3v) is 5.06. The number of carbonyl (C=O) groups is 1. The van der Waals surface area contributed by atoms with E-state index in [9.17, 15) is 4.79 Å². The number of amides is 1. The smallest absolute Gasteiger partial charge is 0.226 e. The fraction of sp³-hybridized carbons (Fsp3) is 0.304. The van der Waals surface area contributed by atoms with E-state index in [0.717, 1.165) is 22.7 Å². The molecule has 1 atom stereocenters. The average Bonchev–Trinajstić information content (AvgIpc) is 3.16. The highest BCUT2D eigenvalue weighted by Gasteiger charge is 2.33. The number of hydrogen-bond donors (Lipinski definition) is 1. The molecule has 2 aromatic carbocycles. The second-order valence-electron chi connectivity index (χ2n) is 7.40. The van der Waals surface area contributed by atoms with Crippen molar-refractivity contribution in [2.75, 3.05) is 19.5 Å². The summed E-state index contributed by atoms with van der Waals surface area (Å²) in [5, 5.41) is 2.98. The van der Waals surface area contributed by atoms with E-state index in [0.29, 0.717) is 17.3 Å². The Morgan fingerprint density at radius 2 is 1.93 bits per heavy atom. The maximum Gasteiger partial charge on any atom is 0.226 e. The van der Waals surface area contributed by atoms with Crippen LogP contribution in [-0.4, -0.2) is 35.8 Å². The molecule has 1 amide bonds. The second kappa shape index (κ2) is 8.10. The van der Waals surface area contributed by atoms with E-state index in [-0.39, 0.29) is 24.3 Å². The van der Waals surface area contributed by atoms with Crippen molar-refractivity contribution in [2.24, 2.45) is 0 Å². The molecule has 0 bridgehead atoms. The summed E-state index contributed by atoms with van der Waals surface area (Å²) in [4.78, 5) is 17.3. The molecule has 0 radical (unpaired) electrons. The first-order valence-electron chi connectivity index (χ1n) is 9.87. The average molecular weight is 407 g/mol. The van der Waals surface area contributed by atoms with Crippen LogP contribution in [0, 0.1) is 0 Å². The quantitative estimate of drug-likeness (QED) is 0.664. The van der Waals surface area contributed by atoms with Gasteiger partial charge < -0.3 is 19.5 Å². The molecule has 0 spiro atoms. The SMILES string of the molecule is COc1cccc(-n2cnc3c2NC(=O)C[C@@H]3c2cccc(OC)c2OC(C)C)c1. The Kier molecular flexibility index (Phi) is 5.35. The number of ether oxygens (including phenoxy) is 3. The largest absolute Gasteiger partial charge is 0.497 e. The highest BCUT2D eigenvalue weighted by atomic mass is 16.5. The molecular formula is C23H25N3O4. The Morgan fingerprint density at radius 3 is 2.67 bits per heavy atom. The molecule has 156 valence electrons. The van der Waals surface area contributed by atoms with Crippen LogP contribution in [-0.2, 0) is 4.79 Å². The third-order valence-electron chi connectivity index (χ3n) is 5.06. The number of aromatic nitrogens is 2. The number of anilines is 1. The first-order chi connectivity index (χ1) is 14.5. The number of rotatable bonds is 6. The van der Waals surface area contributed by atoms with Gasteiger partial charge in [-0.25, -0.2) is 4.98 Å². The van der Waals surface area contributed by atoms with Crippen molar-refractivity contribution in [3.05, 3.63) is 60.0 Å². The summed E-state index contributed by atoms with van der Waals surface area (Å²) in [6.45, 7) is 3.93. The number of benzene rings is 2. The minimum atomic E-state index is -0.246. The normalized spacial score (nSPS) is 15.5. The first-order valence-corrected chi connectivity index (χ1v) is 9.87. The van der Waals surface area contributed by atoms with Gasteiger partial charge in [0.05, 0.1) is 31.7 Å². The maximum absolute atomic E-state index is 12.7. The van der Waals surface area contributed by atoms with Gasteiger partial charge in [0.1, 0.15) is 17.9 Å². The van der Waals surface area contributed by atoms with Crippen molar-refractivity contribution in [1.29, 1.82) is 0 Å². The maximum atomic E-state index is 12.7. The van der Waals surface area contributed by atoms with Crippen molar-refractivity contribution in [3.63, 3.8) is 0 Å². The van der Waals surface area contributed by atoms with E-state index >= 15 is 0 Å². The molecule has 1 aromatic heterocycles. The highest BCUT2D eigenvalue weighted by molar-refractivity contribution is 5.94. The standard InChI is InChI=1S/C23H25N3O4/c1-14(2)30-22-17(9-6-10-19(22)29-4)18-12-20(27)25-23-21(18)24-13-26(23)15-7-5-8-16(11-15)28-3/h5-11,13-14,18H,12H2,1-4H3,(H,25,27)/t18-/m1/s1. The van der Waals surface area contributed by atoms with Gasteiger partial charge in [-0.1, -0.05) is 18.2 Å². The van der Waals surface area contributed by atoms with Gasteiger partial charge in [-0.2, -0.15) is 0 Å². The van der Waals surface area contributed by atoms with E-state index in [1.165, 1.54) is 0 Å². The lowest BCUT2D eigenvalue weighted by molar-refractivity contribution is -0.116. The van der Waals surface area contributed by atoms with Gasteiger partial charge in [-0.3, -0.25) is 9.36 Å². The minimum absolute atomic E-state index is 0.0359. The number of para-hydroxylation sites is 1. The van der Waals surface area contributed by atoms with Gasteiger partial charge in [0.25, 0.3) is 0 Å². The number of hydrogen-bond acceptors (Lipinski definition) is 5. The molecule has 0 fully saturated rings. The fourth-order valence-corrected chi connectivity index (χ4v) is 3.75. The lowest BCUT2D eigenvalue weighted by Crippen LogP contribution is -2.25. The topological polar surface area (TPSA) is 74.6 Å². The number of nitrogens with one attached hydrogen (secondary N) is 1. The number of imidazole rings is 1. The molecule has 7 heteroatoms. The predicted molar refractivity (Wildman–Crippen MR) is 114 cm³/mol. The van der Waals surface area contributed by atoms with E-state index in [4.69, 9.17) is 14.2 Å². The monoisotopic (exact) mass is 407 g/mol.